The van der Waals surface area contributed by atoms with Crippen LogP contribution in [0.3, 0.4) is 0 Å². The molecule has 0 spiro atoms. The van der Waals surface area contributed by atoms with Crippen LogP contribution in [0.25, 0.3) is 15.9 Å². The molecule has 1 aliphatic rings. The van der Waals surface area contributed by atoms with E-state index in [1.54, 1.807) is 23.6 Å². The molecule has 0 aliphatic carbocycles. The number of H-pyrrole nitrogens is 1. The van der Waals surface area contributed by atoms with E-state index >= 15 is 0 Å². The first-order valence-corrected chi connectivity index (χ1v) is 12.5. The number of fused-ring (bicyclic) bond motifs is 2. The fourth-order valence-corrected chi connectivity index (χ4v) is 7.76. The molecule has 3 aromatic heterocycles. The summed E-state index contributed by atoms with van der Waals surface area (Å²) in [6.07, 6.45) is 1.51. The first-order chi connectivity index (χ1) is 14.4. The van der Waals surface area contributed by atoms with Crippen LogP contribution in [-0.2, 0) is 16.4 Å². The second-order valence-electron chi connectivity index (χ2n) is 6.77. The van der Waals surface area contributed by atoms with E-state index < -0.39 is 21.3 Å². The van der Waals surface area contributed by atoms with Crippen LogP contribution in [0.1, 0.15) is 12.0 Å². The lowest BCUT2D eigenvalue weighted by atomic mass is 10.0. The molecule has 0 amide bonds. The zero-order chi connectivity index (χ0) is 21.0. The van der Waals surface area contributed by atoms with Gasteiger partial charge in [0.1, 0.15) is 13.4 Å². The first kappa shape index (κ1) is 19.6. The Morgan fingerprint density at radius 1 is 1.10 bits per heavy atom. The van der Waals surface area contributed by atoms with Gasteiger partial charge in [0.05, 0.1) is 16.8 Å². The number of sulfonamides is 1. The Bertz CT molecular complexity index is 1510. The maximum Gasteiger partial charge on any atom is 0.334 e. The zero-order valence-electron chi connectivity index (χ0n) is 15.3. The van der Waals surface area contributed by atoms with Gasteiger partial charge in [-0.05, 0) is 42.0 Å². The van der Waals surface area contributed by atoms with E-state index in [9.17, 15) is 18.0 Å². The molecule has 1 N–H and O–H groups in total. The SMILES string of the molecule is O=c1[nH]c2sccc2c(=O)n1-c1cc(S(=O)(=O)N2CCCc3ccccc32)sc1Cl. The van der Waals surface area contributed by atoms with Crippen LogP contribution < -0.4 is 15.6 Å². The molecule has 4 aromatic rings. The summed E-state index contributed by atoms with van der Waals surface area (Å²) < 4.78 is 29.1. The highest BCUT2D eigenvalue weighted by atomic mass is 35.5. The van der Waals surface area contributed by atoms with Gasteiger partial charge in [-0.1, -0.05) is 29.8 Å². The lowest BCUT2D eigenvalue weighted by molar-refractivity contribution is 0.588. The number of hydrogen-bond acceptors (Lipinski definition) is 6. The fourth-order valence-electron chi connectivity index (χ4n) is 3.63. The van der Waals surface area contributed by atoms with E-state index in [2.05, 4.69) is 4.98 Å². The van der Waals surface area contributed by atoms with Crippen molar-refractivity contribution in [3.63, 3.8) is 0 Å². The summed E-state index contributed by atoms with van der Waals surface area (Å²) in [4.78, 5) is 28.5. The first-order valence-electron chi connectivity index (χ1n) is 9.01. The monoisotopic (exact) mass is 479 g/mol. The smallest absolute Gasteiger partial charge is 0.298 e. The quantitative estimate of drug-likeness (QED) is 0.486. The van der Waals surface area contributed by atoms with Gasteiger partial charge in [-0.25, -0.2) is 17.8 Å². The summed E-state index contributed by atoms with van der Waals surface area (Å²) in [5.74, 6) is 0. The zero-order valence-corrected chi connectivity index (χ0v) is 18.5. The standard InChI is InChI=1S/C19H14ClN3O4S3/c20-16-14(23-18(24)12-7-9-28-17(12)21-19(23)25)10-15(29-16)30(26,27)22-8-3-5-11-4-1-2-6-13(11)22/h1-2,4,6-7,9-10H,3,5,8H2,(H,21,25). The topological polar surface area (TPSA) is 92.2 Å². The van der Waals surface area contributed by atoms with Crippen molar-refractivity contribution in [1.29, 1.82) is 0 Å². The van der Waals surface area contributed by atoms with E-state index in [0.29, 0.717) is 28.9 Å². The predicted octanol–water partition coefficient (Wildman–Crippen LogP) is 3.60. The number of aryl methyl sites for hydroxylation is 1. The molecular weight excluding hydrogens is 466 g/mol. The van der Waals surface area contributed by atoms with E-state index in [4.69, 9.17) is 11.6 Å². The number of para-hydroxylation sites is 1. The van der Waals surface area contributed by atoms with Crippen molar-refractivity contribution < 1.29 is 8.42 Å². The van der Waals surface area contributed by atoms with Crippen LogP contribution >= 0.6 is 34.3 Å². The Morgan fingerprint density at radius 3 is 2.73 bits per heavy atom. The highest BCUT2D eigenvalue weighted by Crippen LogP contribution is 2.38. The van der Waals surface area contributed by atoms with Gasteiger partial charge in [-0.15, -0.1) is 22.7 Å². The number of anilines is 1. The highest BCUT2D eigenvalue weighted by Gasteiger charge is 2.31. The molecule has 0 atom stereocenters. The number of rotatable bonds is 3. The number of aromatic amines is 1. The number of nitrogens with one attached hydrogen (secondary N) is 1. The van der Waals surface area contributed by atoms with Gasteiger partial charge >= 0.3 is 5.69 Å². The molecule has 7 nitrogen and oxygen atoms in total. The molecule has 4 heterocycles. The Labute approximate surface area is 183 Å². The van der Waals surface area contributed by atoms with Crippen molar-refractivity contribution in [2.75, 3.05) is 10.8 Å². The minimum atomic E-state index is -3.90. The second kappa shape index (κ2) is 7.09. The molecule has 30 heavy (non-hydrogen) atoms. The van der Waals surface area contributed by atoms with Crippen LogP contribution in [0.15, 0.2) is 55.6 Å². The van der Waals surface area contributed by atoms with Gasteiger partial charge in [-0.2, -0.15) is 0 Å². The van der Waals surface area contributed by atoms with Crippen LogP contribution in [0.5, 0.6) is 0 Å². The van der Waals surface area contributed by atoms with Crippen molar-refractivity contribution in [1.82, 2.24) is 9.55 Å². The number of halogens is 1. The molecular formula is C19H14ClN3O4S3. The van der Waals surface area contributed by atoms with Gasteiger partial charge in [0, 0.05) is 6.54 Å². The molecule has 0 radical (unpaired) electrons. The molecule has 5 rings (SSSR count). The number of aromatic nitrogens is 2. The Balaban J connectivity index is 1.66. The third-order valence-corrected chi connectivity index (χ3v) is 9.45. The third kappa shape index (κ3) is 2.94. The molecule has 0 bridgehead atoms. The Kier molecular flexibility index (Phi) is 4.62. The van der Waals surface area contributed by atoms with Crippen molar-refractivity contribution in [2.45, 2.75) is 17.1 Å². The van der Waals surface area contributed by atoms with Crippen molar-refractivity contribution >= 4 is 60.2 Å². The van der Waals surface area contributed by atoms with Crippen molar-refractivity contribution in [3.8, 4) is 5.69 Å². The molecule has 0 unspecified atom stereocenters. The molecule has 1 aromatic carbocycles. The summed E-state index contributed by atoms with van der Waals surface area (Å²) >= 11 is 8.40. The largest absolute Gasteiger partial charge is 0.334 e. The Morgan fingerprint density at radius 2 is 1.90 bits per heavy atom. The van der Waals surface area contributed by atoms with Gasteiger partial charge in [0.25, 0.3) is 15.6 Å². The second-order valence-corrected chi connectivity index (χ2v) is 11.4. The average Bonchev–Trinajstić information content (AvgIpc) is 3.35. The van der Waals surface area contributed by atoms with Crippen LogP contribution in [0.4, 0.5) is 5.69 Å². The highest BCUT2D eigenvalue weighted by molar-refractivity contribution is 7.94. The molecule has 11 heteroatoms. The molecule has 0 fully saturated rings. The normalized spacial score (nSPS) is 14.2. The van der Waals surface area contributed by atoms with E-state index in [1.807, 2.05) is 12.1 Å². The minimum Gasteiger partial charge on any atom is -0.298 e. The number of nitrogens with zero attached hydrogens (tertiary/aromatic N) is 2. The van der Waals surface area contributed by atoms with Gasteiger partial charge in [0.2, 0.25) is 0 Å². The minimum absolute atomic E-state index is 0.0177. The number of thiophene rings is 2. The summed E-state index contributed by atoms with van der Waals surface area (Å²) in [5.41, 5.74) is 0.462. The summed E-state index contributed by atoms with van der Waals surface area (Å²) in [6, 6.07) is 10.3. The van der Waals surface area contributed by atoms with Gasteiger partial charge < -0.3 is 0 Å². The molecule has 1 aliphatic heterocycles. The molecule has 0 saturated heterocycles. The summed E-state index contributed by atoms with van der Waals surface area (Å²) in [7, 11) is -3.90. The summed E-state index contributed by atoms with van der Waals surface area (Å²) in [6.45, 7) is 0.353. The average molecular weight is 480 g/mol. The lowest BCUT2D eigenvalue weighted by Crippen LogP contribution is -2.35. The molecule has 0 saturated carbocycles. The molecule has 154 valence electrons. The van der Waals surface area contributed by atoms with Crippen LogP contribution in [-0.4, -0.2) is 24.5 Å². The van der Waals surface area contributed by atoms with E-state index in [0.717, 1.165) is 27.9 Å². The fraction of sp³-hybridized carbons (Fsp3) is 0.158. The van der Waals surface area contributed by atoms with Gasteiger partial charge in [-0.3, -0.25) is 14.1 Å². The third-order valence-electron chi connectivity index (χ3n) is 5.02. The number of hydrogen-bond donors (Lipinski definition) is 1. The van der Waals surface area contributed by atoms with Crippen molar-refractivity contribution in [2.24, 2.45) is 0 Å². The van der Waals surface area contributed by atoms with E-state index in [1.165, 1.54) is 21.7 Å². The van der Waals surface area contributed by atoms with Crippen LogP contribution in [0, 0.1) is 0 Å². The maximum atomic E-state index is 13.4. The number of benzene rings is 1. The maximum absolute atomic E-state index is 13.4. The summed E-state index contributed by atoms with van der Waals surface area (Å²) in [5, 5.41) is 2.04. The van der Waals surface area contributed by atoms with Crippen molar-refractivity contribution in [3.05, 3.63) is 72.5 Å². The lowest BCUT2D eigenvalue weighted by Gasteiger charge is -2.29. The Hall–Kier alpha value is -2.40. The van der Waals surface area contributed by atoms with E-state index in [-0.39, 0.29) is 14.2 Å². The van der Waals surface area contributed by atoms with Crippen LogP contribution in [0.2, 0.25) is 4.34 Å². The predicted molar refractivity (Wildman–Crippen MR) is 120 cm³/mol. The van der Waals surface area contributed by atoms with Gasteiger partial charge in [0.15, 0.2) is 0 Å².